The van der Waals surface area contributed by atoms with E-state index in [1.54, 1.807) is 6.07 Å². The van der Waals surface area contributed by atoms with Crippen molar-refractivity contribution in [2.75, 3.05) is 26.2 Å². The molecule has 1 aliphatic heterocycles. The number of ether oxygens (including phenoxy) is 1. The van der Waals surface area contributed by atoms with Gasteiger partial charge in [0.05, 0.1) is 18.7 Å². The molecule has 1 aromatic heterocycles. The van der Waals surface area contributed by atoms with Crippen molar-refractivity contribution in [1.82, 2.24) is 19.7 Å². The Kier molecular flexibility index (Phi) is 7.45. The number of benzene rings is 2. The van der Waals surface area contributed by atoms with Crippen molar-refractivity contribution < 1.29 is 14.9 Å². The average Bonchev–Trinajstić information content (AvgIpc) is 3.43. The van der Waals surface area contributed by atoms with Gasteiger partial charge in [-0.3, -0.25) is 4.57 Å². The second kappa shape index (κ2) is 10.5. The van der Waals surface area contributed by atoms with Crippen LogP contribution in [0.2, 0.25) is 0 Å². The molecule has 2 N–H and O–H groups in total. The molecule has 33 heavy (non-hydrogen) atoms. The topological polar surface area (TPSA) is 83.6 Å². The molecule has 0 unspecified atom stereocenters. The summed E-state index contributed by atoms with van der Waals surface area (Å²) in [6, 6.07) is 11.1. The lowest BCUT2D eigenvalue weighted by Gasteiger charge is -2.15. The number of aromatic hydroxyl groups is 2. The van der Waals surface area contributed by atoms with Gasteiger partial charge in [0.25, 0.3) is 0 Å². The first kappa shape index (κ1) is 23.4. The molecule has 176 valence electrons. The van der Waals surface area contributed by atoms with E-state index < -0.39 is 0 Å². The van der Waals surface area contributed by atoms with Crippen molar-refractivity contribution in [3.63, 3.8) is 0 Å². The summed E-state index contributed by atoms with van der Waals surface area (Å²) in [5.41, 5.74) is 2.30. The Labute approximate surface area is 200 Å². The number of rotatable bonds is 9. The van der Waals surface area contributed by atoms with E-state index in [0.29, 0.717) is 29.7 Å². The molecule has 3 aromatic rings. The third-order valence-corrected chi connectivity index (χ3v) is 6.42. The van der Waals surface area contributed by atoms with Gasteiger partial charge in [0.2, 0.25) is 0 Å². The maximum absolute atomic E-state index is 10.5. The van der Waals surface area contributed by atoms with E-state index in [9.17, 15) is 10.2 Å². The Bertz CT molecular complexity index is 1080. The van der Waals surface area contributed by atoms with E-state index in [0.717, 1.165) is 29.8 Å². The molecule has 1 saturated heterocycles. The van der Waals surface area contributed by atoms with E-state index in [1.807, 2.05) is 42.7 Å². The Balaban J connectivity index is 1.44. The molecule has 0 radical (unpaired) electrons. The summed E-state index contributed by atoms with van der Waals surface area (Å²) in [4.78, 5) is 2.49. The van der Waals surface area contributed by atoms with Crippen LogP contribution in [-0.4, -0.2) is 56.1 Å². The molecule has 8 heteroatoms. The molecular formula is C25H32N4O3S. The fourth-order valence-corrected chi connectivity index (χ4v) is 4.44. The molecule has 0 aliphatic carbocycles. The monoisotopic (exact) mass is 468 g/mol. The summed E-state index contributed by atoms with van der Waals surface area (Å²) in [6.45, 7) is 8.71. The predicted molar refractivity (Wildman–Crippen MR) is 131 cm³/mol. The van der Waals surface area contributed by atoms with Gasteiger partial charge in [0.1, 0.15) is 17.2 Å². The first-order valence-electron chi connectivity index (χ1n) is 11.5. The Morgan fingerprint density at radius 3 is 2.45 bits per heavy atom. The SMILES string of the molecule is CC(C)c1cc(-c2nnc(S)n2Cc2ccc(OCCCN3CCCC3)cc2)c(O)cc1O. The van der Waals surface area contributed by atoms with Gasteiger partial charge >= 0.3 is 0 Å². The van der Waals surface area contributed by atoms with Crippen LogP contribution in [0.5, 0.6) is 17.2 Å². The van der Waals surface area contributed by atoms with Crippen molar-refractivity contribution in [3.8, 4) is 28.6 Å². The van der Waals surface area contributed by atoms with Crippen LogP contribution in [-0.2, 0) is 6.54 Å². The highest BCUT2D eigenvalue weighted by atomic mass is 32.1. The van der Waals surface area contributed by atoms with Crippen LogP contribution in [0.15, 0.2) is 41.6 Å². The summed E-state index contributed by atoms with van der Waals surface area (Å²) in [5, 5.41) is 29.4. The van der Waals surface area contributed by atoms with E-state index in [4.69, 9.17) is 4.74 Å². The zero-order valence-electron chi connectivity index (χ0n) is 19.2. The molecule has 0 saturated carbocycles. The number of hydrogen-bond donors (Lipinski definition) is 3. The van der Waals surface area contributed by atoms with Gasteiger partial charge in [-0.15, -0.1) is 22.8 Å². The van der Waals surface area contributed by atoms with E-state index in [2.05, 4.69) is 27.7 Å². The molecule has 1 fully saturated rings. The summed E-state index contributed by atoms with van der Waals surface area (Å²) in [7, 11) is 0. The van der Waals surface area contributed by atoms with Gasteiger partial charge in [-0.25, -0.2) is 0 Å². The van der Waals surface area contributed by atoms with Gasteiger partial charge in [-0.05, 0) is 67.6 Å². The second-order valence-electron chi connectivity index (χ2n) is 8.89. The van der Waals surface area contributed by atoms with Crippen molar-refractivity contribution in [2.45, 2.75) is 50.7 Å². The minimum Gasteiger partial charge on any atom is -0.508 e. The molecule has 7 nitrogen and oxygen atoms in total. The van der Waals surface area contributed by atoms with Crippen LogP contribution in [0.25, 0.3) is 11.4 Å². The van der Waals surface area contributed by atoms with E-state index in [1.165, 1.54) is 32.0 Å². The van der Waals surface area contributed by atoms with Gasteiger partial charge in [-0.2, -0.15) is 0 Å². The lowest BCUT2D eigenvalue weighted by Crippen LogP contribution is -2.21. The first-order valence-corrected chi connectivity index (χ1v) is 12.0. The number of hydrogen-bond acceptors (Lipinski definition) is 7. The summed E-state index contributed by atoms with van der Waals surface area (Å²) < 4.78 is 7.74. The molecule has 0 spiro atoms. The number of aromatic nitrogens is 3. The van der Waals surface area contributed by atoms with Crippen LogP contribution in [0.4, 0.5) is 0 Å². The summed E-state index contributed by atoms with van der Waals surface area (Å²) >= 11 is 4.46. The van der Waals surface area contributed by atoms with Crippen LogP contribution < -0.4 is 4.74 Å². The number of likely N-dealkylation sites (tertiary alicyclic amines) is 1. The molecule has 2 aromatic carbocycles. The van der Waals surface area contributed by atoms with Crippen LogP contribution in [0, 0.1) is 0 Å². The minimum atomic E-state index is -0.0449. The lowest BCUT2D eigenvalue weighted by molar-refractivity contribution is 0.263. The normalized spacial score (nSPS) is 14.3. The standard InChI is InChI=1S/C25H32N4O3S/c1-17(2)20-14-21(23(31)15-22(20)30)24-26-27-25(33)29(24)16-18-6-8-19(9-7-18)32-13-5-12-28-10-3-4-11-28/h6-9,14-15,17,30-31H,3-5,10-13,16H2,1-2H3,(H,27,33). The van der Waals surface area contributed by atoms with E-state index >= 15 is 0 Å². The Morgan fingerprint density at radius 1 is 1.03 bits per heavy atom. The Hall–Kier alpha value is -2.71. The molecule has 4 rings (SSSR count). The number of phenols is 2. The third kappa shape index (κ3) is 5.62. The maximum atomic E-state index is 10.5. The number of nitrogens with zero attached hydrogens (tertiary/aromatic N) is 4. The molecule has 0 atom stereocenters. The largest absolute Gasteiger partial charge is 0.508 e. The van der Waals surface area contributed by atoms with Crippen molar-refractivity contribution in [3.05, 3.63) is 47.5 Å². The summed E-state index contributed by atoms with van der Waals surface area (Å²) in [5.74, 6) is 1.48. The molecule has 1 aliphatic rings. The molecule has 0 amide bonds. The molecular weight excluding hydrogens is 436 g/mol. The average molecular weight is 469 g/mol. The highest BCUT2D eigenvalue weighted by Crippen LogP contribution is 2.37. The first-order chi connectivity index (χ1) is 15.9. The molecule has 2 heterocycles. The number of thiol groups is 1. The minimum absolute atomic E-state index is 0.0449. The van der Waals surface area contributed by atoms with Gasteiger partial charge in [0.15, 0.2) is 11.0 Å². The Morgan fingerprint density at radius 2 is 1.76 bits per heavy atom. The highest BCUT2D eigenvalue weighted by molar-refractivity contribution is 7.80. The zero-order valence-corrected chi connectivity index (χ0v) is 20.1. The van der Waals surface area contributed by atoms with Crippen LogP contribution in [0.3, 0.4) is 0 Å². The van der Waals surface area contributed by atoms with E-state index in [-0.39, 0.29) is 17.4 Å². The van der Waals surface area contributed by atoms with Gasteiger partial charge in [0, 0.05) is 12.6 Å². The van der Waals surface area contributed by atoms with Crippen molar-refractivity contribution in [1.29, 1.82) is 0 Å². The summed E-state index contributed by atoms with van der Waals surface area (Å²) in [6.07, 6.45) is 3.66. The van der Waals surface area contributed by atoms with Crippen molar-refractivity contribution >= 4 is 12.6 Å². The predicted octanol–water partition coefficient (Wildman–Crippen LogP) is 4.68. The zero-order chi connectivity index (χ0) is 23.4. The fraction of sp³-hybridized carbons (Fsp3) is 0.440. The fourth-order valence-electron chi connectivity index (χ4n) is 4.23. The third-order valence-electron chi connectivity index (χ3n) is 6.09. The van der Waals surface area contributed by atoms with Crippen LogP contribution in [0.1, 0.15) is 50.2 Å². The lowest BCUT2D eigenvalue weighted by atomic mass is 9.98. The van der Waals surface area contributed by atoms with Gasteiger partial charge < -0.3 is 19.8 Å². The van der Waals surface area contributed by atoms with Crippen molar-refractivity contribution in [2.24, 2.45) is 0 Å². The van der Waals surface area contributed by atoms with Gasteiger partial charge in [-0.1, -0.05) is 26.0 Å². The molecule has 0 bridgehead atoms. The quantitative estimate of drug-likeness (QED) is 0.312. The number of phenolic OH excluding ortho intramolecular Hbond substituents is 2. The highest BCUT2D eigenvalue weighted by Gasteiger charge is 2.19. The maximum Gasteiger partial charge on any atom is 0.188 e. The van der Waals surface area contributed by atoms with Crippen LogP contribution >= 0.6 is 12.6 Å². The smallest absolute Gasteiger partial charge is 0.188 e. The second-order valence-corrected chi connectivity index (χ2v) is 9.29.